The van der Waals surface area contributed by atoms with Crippen LogP contribution in [0, 0.1) is 23.0 Å². The lowest BCUT2D eigenvalue weighted by atomic mass is 9.85. The molecule has 2 rings (SSSR count). The summed E-state index contributed by atoms with van der Waals surface area (Å²) in [5.74, 6) is -0.0381. The normalized spacial score (nSPS) is 20.8. The molecule has 0 saturated heterocycles. The van der Waals surface area contributed by atoms with Crippen molar-refractivity contribution in [3.63, 3.8) is 0 Å². The molecule has 1 amide bonds. The number of nitrogens with zero attached hydrogens (tertiary/aromatic N) is 1. The highest BCUT2D eigenvalue weighted by molar-refractivity contribution is 5.85. The lowest BCUT2D eigenvalue weighted by Crippen LogP contribution is -2.37. The van der Waals surface area contributed by atoms with Crippen molar-refractivity contribution in [1.82, 2.24) is 5.32 Å². The first-order valence-corrected chi connectivity index (χ1v) is 7.25. The van der Waals surface area contributed by atoms with Gasteiger partial charge in [0.2, 0.25) is 5.91 Å². The third-order valence-corrected chi connectivity index (χ3v) is 4.15. The fourth-order valence-corrected chi connectivity index (χ4v) is 2.85. The molecule has 7 heteroatoms. The molecule has 6 nitrogen and oxygen atoms in total. The van der Waals surface area contributed by atoms with Crippen LogP contribution in [0.5, 0.6) is 0 Å². The molecular weight excluding hydrogens is 306 g/mol. The van der Waals surface area contributed by atoms with Gasteiger partial charge in [0, 0.05) is 30.1 Å². The van der Waals surface area contributed by atoms with Gasteiger partial charge in [-0.3, -0.25) is 14.9 Å². The Balaban J connectivity index is 0.00000242. The molecule has 1 fully saturated rings. The molecule has 1 aromatic rings. The lowest BCUT2D eigenvalue weighted by molar-refractivity contribution is -0.385. The van der Waals surface area contributed by atoms with Crippen LogP contribution in [0.15, 0.2) is 18.2 Å². The molecule has 0 spiro atoms. The predicted octanol–water partition coefficient (Wildman–Crippen LogP) is 2.46. The van der Waals surface area contributed by atoms with E-state index in [1.807, 2.05) is 0 Å². The van der Waals surface area contributed by atoms with Crippen LogP contribution in [0.25, 0.3) is 0 Å². The summed E-state index contributed by atoms with van der Waals surface area (Å²) in [6, 6.07) is 5.02. The summed E-state index contributed by atoms with van der Waals surface area (Å²) < 4.78 is 0. The van der Waals surface area contributed by atoms with E-state index in [9.17, 15) is 14.9 Å². The molecular formula is C15H22ClN3O3. The summed E-state index contributed by atoms with van der Waals surface area (Å²) >= 11 is 0. The number of amides is 1. The van der Waals surface area contributed by atoms with Gasteiger partial charge in [-0.25, -0.2) is 0 Å². The maximum atomic E-state index is 12.1. The summed E-state index contributed by atoms with van der Waals surface area (Å²) in [5, 5.41) is 13.8. The van der Waals surface area contributed by atoms with Crippen molar-refractivity contribution in [2.75, 3.05) is 0 Å². The second-order valence-corrected chi connectivity index (χ2v) is 5.66. The number of rotatable bonds is 4. The van der Waals surface area contributed by atoms with Gasteiger partial charge in [-0.2, -0.15) is 0 Å². The minimum atomic E-state index is -0.402. The molecule has 122 valence electrons. The van der Waals surface area contributed by atoms with E-state index >= 15 is 0 Å². The molecule has 3 N–H and O–H groups in total. The summed E-state index contributed by atoms with van der Waals surface area (Å²) in [6.45, 7) is 2.02. The number of benzene rings is 1. The van der Waals surface area contributed by atoms with Crippen molar-refractivity contribution >= 4 is 24.0 Å². The Kier molecular flexibility index (Phi) is 6.77. The molecule has 0 radical (unpaired) electrons. The van der Waals surface area contributed by atoms with E-state index in [2.05, 4.69) is 5.32 Å². The van der Waals surface area contributed by atoms with E-state index in [1.165, 1.54) is 6.07 Å². The molecule has 0 aromatic heterocycles. The molecule has 2 unspecified atom stereocenters. The Bertz CT molecular complexity index is 551. The number of halogens is 1. The third-order valence-electron chi connectivity index (χ3n) is 4.15. The highest BCUT2D eigenvalue weighted by atomic mass is 35.5. The van der Waals surface area contributed by atoms with Gasteiger partial charge in [-0.1, -0.05) is 18.6 Å². The standard InChI is InChI=1S/C15H21N3O3.ClH/c1-10-12(5-3-7-14(10)18(20)21)9-17-15(19)11-4-2-6-13(16)8-11;/h3,5,7,11,13H,2,4,6,8-9,16H2,1H3,(H,17,19);1H. The number of nitrogens with one attached hydrogen (secondary N) is 1. The van der Waals surface area contributed by atoms with E-state index < -0.39 is 4.92 Å². The van der Waals surface area contributed by atoms with Gasteiger partial charge in [0.25, 0.3) is 5.69 Å². The topological polar surface area (TPSA) is 98.3 Å². The van der Waals surface area contributed by atoms with Crippen LogP contribution in [0.3, 0.4) is 0 Å². The number of nitro benzene ring substituents is 1. The zero-order chi connectivity index (χ0) is 15.4. The van der Waals surface area contributed by atoms with E-state index in [-0.39, 0.29) is 36.0 Å². The van der Waals surface area contributed by atoms with Gasteiger partial charge < -0.3 is 11.1 Å². The molecule has 0 aliphatic heterocycles. The Morgan fingerprint density at radius 3 is 2.82 bits per heavy atom. The van der Waals surface area contributed by atoms with Crippen LogP contribution in [0.1, 0.15) is 36.8 Å². The number of hydrogen-bond donors (Lipinski definition) is 2. The van der Waals surface area contributed by atoms with Gasteiger partial charge in [0.1, 0.15) is 0 Å². The minimum Gasteiger partial charge on any atom is -0.352 e. The van der Waals surface area contributed by atoms with E-state index in [4.69, 9.17) is 5.73 Å². The van der Waals surface area contributed by atoms with Crippen LogP contribution >= 0.6 is 12.4 Å². The monoisotopic (exact) mass is 327 g/mol. The van der Waals surface area contributed by atoms with Gasteiger partial charge in [0.15, 0.2) is 0 Å². The zero-order valence-electron chi connectivity index (χ0n) is 12.6. The smallest absolute Gasteiger partial charge is 0.272 e. The predicted molar refractivity (Wildman–Crippen MR) is 86.9 cm³/mol. The molecule has 0 bridgehead atoms. The largest absolute Gasteiger partial charge is 0.352 e. The van der Waals surface area contributed by atoms with Crippen molar-refractivity contribution in [1.29, 1.82) is 0 Å². The van der Waals surface area contributed by atoms with Crippen LogP contribution in [0.2, 0.25) is 0 Å². The van der Waals surface area contributed by atoms with Gasteiger partial charge >= 0.3 is 0 Å². The van der Waals surface area contributed by atoms with Crippen LogP contribution in [-0.4, -0.2) is 16.9 Å². The number of carbonyl (C=O) groups is 1. The lowest BCUT2D eigenvalue weighted by Gasteiger charge is -2.25. The average Bonchev–Trinajstić information content (AvgIpc) is 2.45. The maximum absolute atomic E-state index is 12.1. The van der Waals surface area contributed by atoms with Crippen LogP contribution in [0.4, 0.5) is 5.69 Å². The number of nitro groups is 1. The summed E-state index contributed by atoms with van der Waals surface area (Å²) in [4.78, 5) is 22.6. The van der Waals surface area contributed by atoms with Gasteiger partial charge in [-0.05, 0) is 31.7 Å². The Morgan fingerprint density at radius 2 is 2.18 bits per heavy atom. The van der Waals surface area contributed by atoms with E-state index in [0.29, 0.717) is 12.1 Å². The van der Waals surface area contributed by atoms with Crippen molar-refractivity contribution in [3.8, 4) is 0 Å². The van der Waals surface area contributed by atoms with Crippen molar-refractivity contribution in [2.24, 2.45) is 11.7 Å². The molecule has 1 saturated carbocycles. The first kappa shape index (κ1) is 18.4. The quantitative estimate of drug-likeness (QED) is 0.655. The van der Waals surface area contributed by atoms with Crippen LogP contribution in [-0.2, 0) is 11.3 Å². The molecule has 1 aromatic carbocycles. The summed E-state index contributed by atoms with van der Waals surface area (Å²) in [5.41, 5.74) is 7.35. The second-order valence-electron chi connectivity index (χ2n) is 5.66. The number of nitrogens with two attached hydrogens (primary N) is 1. The molecule has 2 atom stereocenters. The van der Waals surface area contributed by atoms with E-state index in [1.54, 1.807) is 19.1 Å². The van der Waals surface area contributed by atoms with Crippen molar-refractivity contribution in [3.05, 3.63) is 39.4 Å². The first-order valence-electron chi connectivity index (χ1n) is 7.25. The first-order chi connectivity index (χ1) is 9.99. The van der Waals surface area contributed by atoms with Gasteiger partial charge in [-0.15, -0.1) is 12.4 Å². The van der Waals surface area contributed by atoms with Crippen LogP contribution < -0.4 is 11.1 Å². The number of hydrogen-bond acceptors (Lipinski definition) is 4. The van der Waals surface area contributed by atoms with Gasteiger partial charge in [0.05, 0.1) is 4.92 Å². The fourth-order valence-electron chi connectivity index (χ4n) is 2.85. The van der Waals surface area contributed by atoms with Crippen molar-refractivity contribution < 1.29 is 9.72 Å². The average molecular weight is 328 g/mol. The summed E-state index contributed by atoms with van der Waals surface area (Å²) in [6.07, 6.45) is 3.55. The molecule has 1 aliphatic carbocycles. The number of carbonyl (C=O) groups excluding carboxylic acids is 1. The van der Waals surface area contributed by atoms with E-state index in [0.717, 1.165) is 31.2 Å². The second kappa shape index (κ2) is 8.10. The Hall–Kier alpha value is -1.66. The fraction of sp³-hybridized carbons (Fsp3) is 0.533. The molecule has 1 aliphatic rings. The summed E-state index contributed by atoms with van der Waals surface area (Å²) in [7, 11) is 0. The Labute approximate surface area is 136 Å². The highest BCUT2D eigenvalue weighted by Gasteiger charge is 2.25. The minimum absolute atomic E-state index is 0. The maximum Gasteiger partial charge on any atom is 0.272 e. The highest BCUT2D eigenvalue weighted by Crippen LogP contribution is 2.24. The molecule has 0 heterocycles. The van der Waals surface area contributed by atoms with Crippen molar-refractivity contribution in [2.45, 2.75) is 45.2 Å². The SMILES string of the molecule is Cc1c(CNC(=O)C2CCCC(N)C2)cccc1[N+](=O)[O-].Cl. The Morgan fingerprint density at radius 1 is 1.45 bits per heavy atom. The third kappa shape index (κ3) is 4.42. The zero-order valence-corrected chi connectivity index (χ0v) is 13.4. The molecule has 22 heavy (non-hydrogen) atoms.